The van der Waals surface area contributed by atoms with Gasteiger partial charge in [-0.3, -0.25) is 0 Å². The van der Waals surface area contributed by atoms with Gasteiger partial charge in [0, 0.05) is 19.6 Å². The van der Waals surface area contributed by atoms with Crippen LogP contribution in [0.5, 0.6) is 5.75 Å². The van der Waals surface area contributed by atoms with Gasteiger partial charge in [-0.25, -0.2) is 9.48 Å². The Kier molecular flexibility index (Phi) is 6.17. The number of esters is 1. The van der Waals surface area contributed by atoms with E-state index in [0.717, 1.165) is 11.3 Å². The fraction of sp³-hybridized carbons (Fsp3) is 0.381. The minimum atomic E-state index is -0.450. The smallest absolute Gasteiger partial charge is 0.341 e. The van der Waals surface area contributed by atoms with Crippen molar-refractivity contribution in [2.75, 3.05) is 37.0 Å². The molecular weight excluding hydrogens is 414 g/mol. The normalized spacial score (nSPS) is 13.6. The summed E-state index contributed by atoms with van der Waals surface area (Å²) in [5.41, 5.74) is 1.93. The van der Waals surface area contributed by atoms with Crippen LogP contribution >= 0.6 is 0 Å². The molecule has 0 saturated carbocycles. The number of rotatable bonds is 8. The van der Waals surface area contributed by atoms with Gasteiger partial charge in [-0.05, 0) is 31.5 Å². The highest BCUT2D eigenvalue weighted by Gasteiger charge is 2.28. The van der Waals surface area contributed by atoms with E-state index in [1.54, 1.807) is 21.0 Å². The summed E-state index contributed by atoms with van der Waals surface area (Å²) < 4.78 is 11.8. The number of hydrogen-bond acceptors (Lipinski definition) is 10. The number of β-amino-alcohol motifs (C(OH)–C–C–N with tert-alkyl or cyclic N) is 1. The number of benzene rings is 1. The molecule has 32 heavy (non-hydrogen) atoms. The van der Waals surface area contributed by atoms with Crippen LogP contribution in [-0.4, -0.2) is 68.7 Å². The molecule has 4 rings (SSSR count). The molecule has 11 heteroatoms. The average Bonchev–Trinajstić information content (AvgIpc) is 3.17. The number of anilines is 2. The molecule has 2 aromatic heterocycles. The standard InChI is InChI=1S/C21H25N7O4/c1-4-32-18(30)17-10-23-28(13(17)2)21-25-19(24-20(26-21)27-11-15(29)12-27)22-9-14-5-7-16(31-3)8-6-14/h5-8,10,15,29H,4,9,11-12H2,1-3H3,(H,22,24,25,26). The zero-order valence-electron chi connectivity index (χ0n) is 18.1. The van der Waals surface area contributed by atoms with Crippen LogP contribution in [0.1, 0.15) is 28.5 Å². The number of carbonyl (C=O) groups is 1. The zero-order chi connectivity index (χ0) is 22.7. The van der Waals surface area contributed by atoms with Gasteiger partial charge in [0.2, 0.25) is 11.9 Å². The van der Waals surface area contributed by atoms with Crippen LogP contribution < -0.4 is 15.0 Å². The van der Waals surface area contributed by atoms with E-state index in [2.05, 4.69) is 25.4 Å². The third-order valence-corrected chi connectivity index (χ3v) is 5.06. The molecule has 0 bridgehead atoms. The van der Waals surface area contributed by atoms with Crippen molar-refractivity contribution < 1.29 is 19.4 Å². The van der Waals surface area contributed by atoms with E-state index in [1.165, 1.54) is 10.9 Å². The molecule has 0 aliphatic carbocycles. The second kappa shape index (κ2) is 9.18. The monoisotopic (exact) mass is 439 g/mol. The summed E-state index contributed by atoms with van der Waals surface area (Å²) in [6, 6.07) is 7.66. The van der Waals surface area contributed by atoms with Gasteiger partial charge in [0.05, 0.1) is 31.7 Å². The van der Waals surface area contributed by atoms with Gasteiger partial charge in [0.15, 0.2) is 0 Å². The van der Waals surface area contributed by atoms with Crippen LogP contribution in [0.2, 0.25) is 0 Å². The number of aliphatic hydroxyl groups excluding tert-OH is 1. The number of carbonyl (C=O) groups excluding carboxylic acids is 1. The van der Waals surface area contributed by atoms with Crippen LogP contribution in [0.4, 0.5) is 11.9 Å². The Labute approximate surface area is 185 Å². The number of aliphatic hydroxyl groups is 1. The van der Waals surface area contributed by atoms with Crippen LogP contribution in [-0.2, 0) is 11.3 Å². The number of aromatic nitrogens is 5. The fourth-order valence-corrected chi connectivity index (χ4v) is 3.23. The molecule has 1 fully saturated rings. The Balaban J connectivity index is 1.62. The number of nitrogens with zero attached hydrogens (tertiary/aromatic N) is 6. The molecule has 0 amide bonds. The highest BCUT2D eigenvalue weighted by Crippen LogP contribution is 2.21. The lowest BCUT2D eigenvalue weighted by Gasteiger charge is -2.35. The molecule has 1 aromatic carbocycles. The number of nitrogens with one attached hydrogen (secondary N) is 1. The van der Waals surface area contributed by atoms with E-state index in [4.69, 9.17) is 9.47 Å². The summed E-state index contributed by atoms with van der Waals surface area (Å²) in [4.78, 5) is 27.5. The minimum Gasteiger partial charge on any atom is -0.497 e. The van der Waals surface area contributed by atoms with E-state index in [-0.39, 0.29) is 12.6 Å². The summed E-state index contributed by atoms with van der Waals surface area (Å²) in [5, 5.41) is 17.2. The first-order chi connectivity index (χ1) is 15.5. The number of hydrogen-bond donors (Lipinski definition) is 2. The maximum atomic E-state index is 12.2. The van der Waals surface area contributed by atoms with Crippen LogP contribution in [0.15, 0.2) is 30.5 Å². The van der Waals surface area contributed by atoms with Crippen LogP contribution in [0.3, 0.4) is 0 Å². The van der Waals surface area contributed by atoms with Crippen molar-refractivity contribution in [3.63, 3.8) is 0 Å². The first-order valence-corrected chi connectivity index (χ1v) is 10.3. The highest BCUT2D eigenvalue weighted by molar-refractivity contribution is 5.90. The van der Waals surface area contributed by atoms with Gasteiger partial charge in [-0.1, -0.05) is 12.1 Å². The SMILES string of the molecule is CCOC(=O)c1cnn(-c2nc(NCc3ccc(OC)cc3)nc(N3CC(O)C3)n2)c1C. The van der Waals surface area contributed by atoms with E-state index in [0.29, 0.717) is 42.8 Å². The Morgan fingerprint density at radius 3 is 2.56 bits per heavy atom. The van der Waals surface area contributed by atoms with Crippen molar-refractivity contribution in [2.24, 2.45) is 0 Å². The largest absolute Gasteiger partial charge is 0.497 e. The summed E-state index contributed by atoms with van der Waals surface area (Å²) in [5.74, 6) is 1.37. The first kappa shape index (κ1) is 21.5. The third-order valence-electron chi connectivity index (χ3n) is 5.06. The van der Waals surface area contributed by atoms with Crippen LogP contribution in [0.25, 0.3) is 5.95 Å². The second-order valence-corrected chi connectivity index (χ2v) is 7.30. The van der Waals surface area contributed by atoms with Crippen molar-refractivity contribution in [2.45, 2.75) is 26.5 Å². The van der Waals surface area contributed by atoms with Crippen LogP contribution in [0, 0.1) is 6.92 Å². The fourth-order valence-electron chi connectivity index (χ4n) is 3.23. The Morgan fingerprint density at radius 1 is 1.19 bits per heavy atom. The summed E-state index contributed by atoms with van der Waals surface area (Å²) in [7, 11) is 1.62. The molecule has 2 N–H and O–H groups in total. The highest BCUT2D eigenvalue weighted by atomic mass is 16.5. The summed E-state index contributed by atoms with van der Waals surface area (Å²) in [6.07, 6.45) is 1.03. The van der Waals surface area contributed by atoms with Crippen molar-refractivity contribution in [3.8, 4) is 11.7 Å². The van der Waals surface area contributed by atoms with E-state index < -0.39 is 12.1 Å². The van der Waals surface area contributed by atoms with Gasteiger partial charge in [0.25, 0.3) is 5.95 Å². The van der Waals surface area contributed by atoms with E-state index in [9.17, 15) is 9.90 Å². The molecule has 1 saturated heterocycles. The molecular formula is C21H25N7O4. The number of methoxy groups -OCH3 is 1. The molecule has 168 valence electrons. The predicted octanol–water partition coefficient (Wildman–Crippen LogP) is 1.34. The zero-order valence-corrected chi connectivity index (χ0v) is 18.1. The summed E-state index contributed by atoms with van der Waals surface area (Å²) in [6.45, 7) is 5.14. The average molecular weight is 439 g/mol. The Bertz CT molecular complexity index is 1090. The van der Waals surface area contributed by atoms with Gasteiger partial charge in [-0.15, -0.1) is 0 Å². The predicted molar refractivity (Wildman–Crippen MR) is 116 cm³/mol. The maximum Gasteiger partial charge on any atom is 0.341 e. The molecule has 11 nitrogen and oxygen atoms in total. The van der Waals surface area contributed by atoms with Crippen molar-refractivity contribution in [1.82, 2.24) is 24.7 Å². The number of ether oxygens (including phenoxy) is 2. The van der Waals surface area contributed by atoms with Crippen molar-refractivity contribution in [1.29, 1.82) is 0 Å². The van der Waals surface area contributed by atoms with Gasteiger partial charge in [0.1, 0.15) is 11.3 Å². The van der Waals surface area contributed by atoms with Crippen molar-refractivity contribution in [3.05, 3.63) is 47.3 Å². The Hall–Kier alpha value is -3.73. The maximum absolute atomic E-state index is 12.2. The second-order valence-electron chi connectivity index (χ2n) is 7.30. The molecule has 0 radical (unpaired) electrons. The molecule has 1 aliphatic rings. The summed E-state index contributed by atoms with van der Waals surface area (Å²) >= 11 is 0. The van der Waals surface area contributed by atoms with Gasteiger partial charge in [-0.2, -0.15) is 20.1 Å². The molecule has 0 atom stereocenters. The molecule has 0 unspecified atom stereocenters. The lowest BCUT2D eigenvalue weighted by molar-refractivity contribution is 0.0525. The quantitative estimate of drug-likeness (QED) is 0.496. The van der Waals surface area contributed by atoms with E-state index in [1.807, 2.05) is 29.2 Å². The van der Waals surface area contributed by atoms with E-state index >= 15 is 0 Å². The minimum absolute atomic E-state index is 0.265. The van der Waals surface area contributed by atoms with Gasteiger partial charge >= 0.3 is 5.97 Å². The Morgan fingerprint density at radius 2 is 1.91 bits per heavy atom. The van der Waals surface area contributed by atoms with Crippen molar-refractivity contribution >= 4 is 17.9 Å². The molecule has 3 aromatic rings. The molecule has 1 aliphatic heterocycles. The van der Waals surface area contributed by atoms with Gasteiger partial charge < -0.3 is 24.8 Å². The third kappa shape index (κ3) is 4.47. The lowest BCUT2D eigenvalue weighted by Crippen LogP contribution is -2.51. The lowest BCUT2D eigenvalue weighted by atomic mass is 10.2. The molecule has 0 spiro atoms. The first-order valence-electron chi connectivity index (χ1n) is 10.3. The molecule has 3 heterocycles. The topological polar surface area (TPSA) is 128 Å².